The van der Waals surface area contributed by atoms with Crippen molar-refractivity contribution in [3.05, 3.63) is 0 Å². The smallest absolute Gasteiger partial charge is 0.194 e. The normalized spacial score (nSPS) is 30.7. The van der Waals surface area contributed by atoms with Crippen LogP contribution < -0.4 is 5.32 Å². The molecule has 1 aliphatic carbocycles. The van der Waals surface area contributed by atoms with Gasteiger partial charge in [0, 0.05) is 51.2 Å². The summed E-state index contributed by atoms with van der Waals surface area (Å²) >= 11 is 0. The van der Waals surface area contributed by atoms with Gasteiger partial charge in [0.05, 0.1) is 25.4 Å². The van der Waals surface area contributed by atoms with Crippen LogP contribution in [0.5, 0.6) is 0 Å². The van der Waals surface area contributed by atoms with Gasteiger partial charge in [-0.15, -0.1) is 24.0 Å². The second kappa shape index (κ2) is 10.4. The lowest BCUT2D eigenvalue weighted by Gasteiger charge is -2.59. The summed E-state index contributed by atoms with van der Waals surface area (Å²) in [6, 6.07) is 0.389. The van der Waals surface area contributed by atoms with Crippen molar-refractivity contribution in [3.63, 3.8) is 0 Å². The highest BCUT2D eigenvalue weighted by Crippen LogP contribution is 2.51. The number of nitrogens with one attached hydrogen (secondary N) is 1. The fourth-order valence-electron chi connectivity index (χ4n) is 3.82. The molecule has 7 heteroatoms. The van der Waals surface area contributed by atoms with Crippen LogP contribution in [-0.2, 0) is 14.2 Å². The topological polar surface area (TPSA) is 55.3 Å². The fraction of sp³-hybridized carbons (Fsp3) is 0.947. The van der Waals surface area contributed by atoms with Crippen LogP contribution in [-0.4, -0.2) is 76.2 Å². The first-order valence-corrected chi connectivity index (χ1v) is 9.55. The summed E-state index contributed by atoms with van der Waals surface area (Å²) in [5.74, 6) is 1.61. The molecular formula is C19H38IN3O3. The Morgan fingerprint density at radius 2 is 1.96 bits per heavy atom. The lowest BCUT2D eigenvalue weighted by Crippen LogP contribution is -2.69. The summed E-state index contributed by atoms with van der Waals surface area (Å²) in [5, 5.41) is 3.71. The molecule has 0 aromatic carbocycles. The van der Waals surface area contributed by atoms with Crippen molar-refractivity contribution in [2.24, 2.45) is 16.3 Å². The Labute approximate surface area is 176 Å². The lowest BCUT2D eigenvalue weighted by molar-refractivity contribution is -0.176. The maximum absolute atomic E-state index is 5.75. The first kappa shape index (κ1) is 23.9. The van der Waals surface area contributed by atoms with Crippen molar-refractivity contribution >= 4 is 29.9 Å². The van der Waals surface area contributed by atoms with Crippen LogP contribution in [0.15, 0.2) is 4.99 Å². The summed E-state index contributed by atoms with van der Waals surface area (Å²) in [6.45, 7) is 13.8. The van der Waals surface area contributed by atoms with E-state index in [1.54, 1.807) is 7.11 Å². The first-order chi connectivity index (χ1) is 11.9. The van der Waals surface area contributed by atoms with E-state index in [4.69, 9.17) is 19.2 Å². The molecule has 3 atom stereocenters. The number of methoxy groups -OCH3 is 2. The monoisotopic (exact) mass is 483 g/mol. The van der Waals surface area contributed by atoms with Gasteiger partial charge in [-0.1, -0.05) is 13.8 Å². The molecule has 6 nitrogen and oxygen atoms in total. The number of nitrogens with zero attached hydrogens (tertiary/aromatic N) is 2. The molecule has 0 aromatic rings. The third kappa shape index (κ3) is 5.23. The lowest BCUT2D eigenvalue weighted by atomic mass is 9.56. The Kier molecular flexibility index (Phi) is 9.60. The van der Waals surface area contributed by atoms with Crippen molar-refractivity contribution in [3.8, 4) is 0 Å². The summed E-state index contributed by atoms with van der Waals surface area (Å²) < 4.78 is 16.5. The third-order valence-corrected chi connectivity index (χ3v) is 6.26. The molecule has 1 aliphatic heterocycles. The Bertz CT molecular complexity index is 461. The Hall–Kier alpha value is -0.120. The minimum Gasteiger partial charge on any atom is -0.382 e. The van der Waals surface area contributed by atoms with Crippen LogP contribution in [0.25, 0.3) is 0 Å². The molecule has 2 fully saturated rings. The summed E-state index contributed by atoms with van der Waals surface area (Å²) in [4.78, 5) is 7.12. The zero-order chi connectivity index (χ0) is 18.5. The van der Waals surface area contributed by atoms with Gasteiger partial charge in [0.1, 0.15) is 0 Å². The standard InChI is InChI=1S/C19H37N3O3.HI/c1-7-20-17(21-16-12-19(4,24-6)18(16,2)3)22-9-8-15(13-22)14-25-11-10-23-5;/h15-16H,7-14H2,1-6H3,(H,20,21);1H. The van der Waals surface area contributed by atoms with Crippen LogP contribution in [0.1, 0.15) is 40.5 Å². The molecule has 0 radical (unpaired) electrons. The highest BCUT2D eigenvalue weighted by Gasteiger charge is 2.58. The number of guanidine groups is 1. The molecule has 154 valence electrons. The second-order valence-electron chi connectivity index (χ2n) is 8.02. The van der Waals surface area contributed by atoms with E-state index in [-0.39, 0.29) is 35.0 Å². The number of hydrogen-bond donors (Lipinski definition) is 1. The van der Waals surface area contributed by atoms with Crippen LogP contribution in [0.2, 0.25) is 0 Å². The molecule has 1 saturated heterocycles. The van der Waals surface area contributed by atoms with E-state index in [1.165, 1.54) is 0 Å². The number of hydrogen-bond acceptors (Lipinski definition) is 4. The van der Waals surface area contributed by atoms with E-state index >= 15 is 0 Å². The van der Waals surface area contributed by atoms with Crippen LogP contribution in [0, 0.1) is 11.3 Å². The molecule has 0 spiro atoms. The minimum absolute atomic E-state index is 0. The molecule has 3 unspecified atom stereocenters. The van der Waals surface area contributed by atoms with E-state index in [2.05, 4.69) is 37.9 Å². The quantitative estimate of drug-likeness (QED) is 0.249. The minimum atomic E-state index is -0.0648. The van der Waals surface area contributed by atoms with Crippen molar-refractivity contribution in [2.45, 2.75) is 52.2 Å². The summed E-state index contributed by atoms with van der Waals surface area (Å²) in [5.41, 5.74) is 0.0172. The molecule has 0 amide bonds. The Morgan fingerprint density at radius 1 is 1.23 bits per heavy atom. The Morgan fingerprint density at radius 3 is 2.54 bits per heavy atom. The zero-order valence-corrected chi connectivity index (χ0v) is 19.7. The van der Waals surface area contributed by atoms with Crippen molar-refractivity contribution in [1.82, 2.24) is 10.2 Å². The molecule has 0 bridgehead atoms. The average Bonchev–Trinajstić information content (AvgIpc) is 3.06. The molecule has 2 aliphatic rings. The zero-order valence-electron chi connectivity index (χ0n) is 17.3. The van der Waals surface area contributed by atoms with E-state index in [0.717, 1.165) is 45.0 Å². The van der Waals surface area contributed by atoms with Gasteiger partial charge in [0.15, 0.2) is 5.96 Å². The van der Waals surface area contributed by atoms with E-state index in [9.17, 15) is 0 Å². The van der Waals surface area contributed by atoms with Gasteiger partial charge in [-0.25, -0.2) is 0 Å². The summed E-state index contributed by atoms with van der Waals surface area (Å²) in [6.07, 6.45) is 2.16. The maximum atomic E-state index is 5.75. The van der Waals surface area contributed by atoms with Gasteiger partial charge in [0.25, 0.3) is 0 Å². The van der Waals surface area contributed by atoms with Crippen LogP contribution in [0.4, 0.5) is 0 Å². The summed E-state index contributed by atoms with van der Waals surface area (Å²) in [7, 11) is 3.52. The van der Waals surface area contributed by atoms with Crippen molar-refractivity contribution in [1.29, 1.82) is 0 Å². The number of halogens is 1. The largest absolute Gasteiger partial charge is 0.382 e. The van der Waals surface area contributed by atoms with Crippen LogP contribution >= 0.6 is 24.0 Å². The number of ether oxygens (including phenoxy) is 3. The molecule has 1 N–H and O–H groups in total. The van der Waals surface area contributed by atoms with E-state index in [0.29, 0.717) is 25.2 Å². The molecule has 1 saturated carbocycles. The van der Waals surface area contributed by atoms with Gasteiger partial charge in [-0.3, -0.25) is 4.99 Å². The predicted molar refractivity (Wildman–Crippen MR) is 117 cm³/mol. The predicted octanol–water partition coefficient (Wildman–Crippen LogP) is 2.76. The Balaban J connectivity index is 0.00000338. The van der Waals surface area contributed by atoms with Gasteiger partial charge in [-0.2, -0.15) is 0 Å². The number of rotatable bonds is 8. The van der Waals surface area contributed by atoms with Gasteiger partial charge < -0.3 is 24.4 Å². The highest BCUT2D eigenvalue weighted by atomic mass is 127. The molecule has 26 heavy (non-hydrogen) atoms. The molecular weight excluding hydrogens is 445 g/mol. The molecule has 1 heterocycles. The van der Waals surface area contributed by atoms with Gasteiger partial charge >= 0.3 is 0 Å². The van der Waals surface area contributed by atoms with Gasteiger partial charge in [-0.05, 0) is 26.7 Å². The fourth-order valence-corrected chi connectivity index (χ4v) is 3.82. The highest BCUT2D eigenvalue weighted by molar-refractivity contribution is 14.0. The number of likely N-dealkylation sites (tertiary alicyclic amines) is 1. The van der Waals surface area contributed by atoms with Crippen molar-refractivity contribution in [2.75, 3.05) is 53.7 Å². The van der Waals surface area contributed by atoms with Crippen LogP contribution in [0.3, 0.4) is 0 Å². The van der Waals surface area contributed by atoms with E-state index < -0.39 is 0 Å². The third-order valence-electron chi connectivity index (χ3n) is 6.26. The van der Waals surface area contributed by atoms with E-state index in [1.807, 2.05) is 7.11 Å². The maximum Gasteiger partial charge on any atom is 0.194 e. The SMILES string of the molecule is CCN=C(NC1CC(C)(OC)C1(C)C)N1CCC(COCCOC)C1.I. The molecule has 2 rings (SSSR count). The molecule has 0 aromatic heterocycles. The first-order valence-electron chi connectivity index (χ1n) is 9.55. The number of aliphatic imine (C=N–C) groups is 1. The second-order valence-corrected chi connectivity index (χ2v) is 8.02. The van der Waals surface area contributed by atoms with Crippen molar-refractivity contribution < 1.29 is 14.2 Å². The van der Waals surface area contributed by atoms with Gasteiger partial charge in [0.2, 0.25) is 0 Å². The average molecular weight is 483 g/mol.